The van der Waals surface area contributed by atoms with Crippen LogP contribution in [0.5, 0.6) is 5.75 Å². The molecule has 2 saturated heterocycles. The van der Waals surface area contributed by atoms with Gasteiger partial charge in [-0.25, -0.2) is 4.79 Å². The van der Waals surface area contributed by atoms with Crippen molar-refractivity contribution in [2.24, 2.45) is 11.8 Å². The molecule has 3 heterocycles. The second kappa shape index (κ2) is 21.7. The molecule has 9 atom stereocenters. The van der Waals surface area contributed by atoms with Crippen molar-refractivity contribution in [1.82, 2.24) is 10.2 Å². The Kier molecular flexibility index (Phi) is 18.0. The van der Waals surface area contributed by atoms with E-state index in [4.69, 9.17) is 30.5 Å². The van der Waals surface area contributed by atoms with E-state index in [1.807, 2.05) is 19.9 Å². The van der Waals surface area contributed by atoms with Crippen LogP contribution < -0.4 is 15.0 Å². The van der Waals surface area contributed by atoms with Crippen molar-refractivity contribution in [3.05, 3.63) is 46.5 Å². The van der Waals surface area contributed by atoms with Gasteiger partial charge in [-0.15, -0.1) is 0 Å². The summed E-state index contributed by atoms with van der Waals surface area (Å²) in [6, 6.07) is 2.71. The topological polar surface area (TPSA) is 219 Å². The van der Waals surface area contributed by atoms with Crippen LogP contribution >= 0.6 is 33.2 Å². The highest BCUT2D eigenvalue weighted by atomic mass is 35.5. The van der Waals surface area contributed by atoms with Crippen molar-refractivity contribution in [2.75, 3.05) is 44.7 Å². The number of ketones is 2. The van der Waals surface area contributed by atoms with Gasteiger partial charge in [-0.1, -0.05) is 70.8 Å². The predicted octanol–water partition coefficient (Wildman–Crippen LogP) is 5.58. The summed E-state index contributed by atoms with van der Waals surface area (Å²) in [4.78, 5) is 69.4. The van der Waals surface area contributed by atoms with E-state index in [-0.39, 0.29) is 66.9 Å². The van der Waals surface area contributed by atoms with E-state index in [0.29, 0.717) is 23.6 Å². The average molecular weight is 947 g/mol. The summed E-state index contributed by atoms with van der Waals surface area (Å²) in [6.45, 7) is 8.67. The SMILES string of the molecule is CCC(=O)C(CCSSCCC(=O)N(C)[C@@H](C)C(=O)C[C@H]1CC(=O)N(C)c2cc(cc(OC)c2Cl)C/C(C)=C/C=C/[C@@H](OC)[C@@]2(O)C[C@H](OC(=O)N2)[C@@H](C)[C@@H]2O[C@@]12C)S(=O)(=O)O. The Bertz CT molecular complexity index is 2020. The summed E-state index contributed by atoms with van der Waals surface area (Å²) in [5, 5.41) is 13.1. The molecule has 3 aliphatic heterocycles. The van der Waals surface area contributed by atoms with Crippen LogP contribution in [0.2, 0.25) is 5.02 Å². The fourth-order valence-electron chi connectivity index (χ4n) is 7.97. The number of nitrogens with zero attached hydrogens (tertiary/aromatic N) is 2. The number of anilines is 1. The molecular formula is C42H60ClN3O13S3. The Balaban J connectivity index is 1.57. The molecule has 62 heavy (non-hydrogen) atoms. The van der Waals surface area contributed by atoms with Crippen LogP contribution in [0.1, 0.15) is 78.7 Å². The molecule has 1 aromatic rings. The number of nitrogens with one attached hydrogen (secondary N) is 1. The Morgan fingerprint density at radius 2 is 1.84 bits per heavy atom. The van der Waals surface area contributed by atoms with Gasteiger partial charge in [0.2, 0.25) is 11.8 Å². The van der Waals surface area contributed by atoms with Gasteiger partial charge in [0, 0.05) is 76.7 Å². The first kappa shape index (κ1) is 51.5. The van der Waals surface area contributed by atoms with Crippen molar-refractivity contribution in [1.29, 1.82) is 0 Å². The number of carbonyl (C=O) groups excluding carboxylic acids is 5. The molecule has 20 heteroatoms. The average Bonchev–Trinajstić information content (AvgIpc) is 3.91. The fraction of sp³-hybridized carbons (Fsp3) is 0.643. The third kappa shape index (κ3) is 12.5. The second-order valence-electron chi connectivity index (χ2n) is 16.4. The number of amides is 3. The van der Waals surface area contributed by atoms with Crippen LogP contribution in [-0.4, -0.2) is 133 Å². The van der Waals surface area contributed by atoms with Gasteiger partial charge in [0.15, 0.2) is 17.3 Å². The van der Waals surface area contributed by atoms with Crippen molar-refractivity contribution < 1.29 is 61.0 Å². The number of benzene rings is 1. The number of allylic oxidation sites excluding steroid dienone is 3. The van der Waals surface area contributed by atoms with Gasteiger partial charge in [0.25, 0.3) is 10.1 Å². The van der Waals surface area contributed by atoms with Gasteiger partial charge in [-0.05, 0) is 51.3 Å². The number of methoxy groups -OCH3 is 2. The van der Waals surface area contributed by atoms with Gasteiger partial charge < -0.3 is 33.9 Å². The van der Waals surface area contributed by atoms with Crippen LogP contribution in [0.25, 0.3) is 0 Å². The number of Topliss-reactive ketones (excluding diaryl/α,β-unsaturated/α-hetero) is 2. The minimum atomic E-state index is -4.52. The van der Waals surface area contributed by atoms with Crippen molar-refractivity contribution in [3.8, 4) is 5.75 Å². The molecule has 16 nitrogen and oxygen atoms in total. The van der Waals surface area contributed by atoms with Crippen LogP contribution in [0, 0.1) is 11.8 Å². The standard InChI is InChI=1S/C42H60ClN3O13S3/c1-10-30(47)34(62(53,54)55)14-16-60-61-17-15-36(49)45(6)26(4)31(48)21-28-22-37(50)46(7)29-19-27(20-32(56-8)38(29)43)18-24(2)12-11-13-35(57-9)42(52)23-33(58-40(51)44-42)25(3)39-41(28,5)59-39/h11-13,19-20,25-26,28,33-35,39,52H,10,14-18,21-23H2,1-9H3,(H,44,51)(H,53,54,55)/b13-11+,24-12+/t25-,26+,28+,33+,34?,35-,39+,41+,42+/m1/s1. The van der Waals surface area contributed by atoms with Crippen LogP contribution in [-0.2, 0) is 49.9 Å². The molecule has 2 fully saturated rings. The molecule has 4 bridgehead atoms. The minimum Gasteiger partial charge on any atom is -0.495 e. The number of fused-ring (bicyclic) bond motifs is 5. The second-order valence-corrected chi connectivity index (χ2v) is 21.0. The number of hydrogen-bond acceptors (Lipinski definition) is 14. The van der Waals surface area contributed by atoms with E-state index in [1.165, 1.54) is 59.6 Å². The van der Waals surface area contributed by atoms with Crippen molar-refractivity contribution >= 4 is 78.5 Å². The van der Waals surface area contributed by atoms with E-state index in [2.05, 4.69) is 5.32 Å². The molecule has 0 saturated carbocycles. The number of hydrogen-bond donors (Lipinski definition) is 3. The monoisotopic (exact) mass is 945 g/mol. The number of likely N-dealkylation sites (N-methyl/N-ethyl adjacent to an activating group) is 1. The van der Waals surface area contributed by atoms with E-state index < -0.39 is 74.8 Å². The molecule has 1 unspecified atom stereocenters. The van der Waals surface area contributed by atoms with Gasteiger partial charge in [-0.3, -0.25) is 29.0 Å². The summed E-state index contributed by atoms with van der Waals surface area (Å²) in [7, 11) is 4.08. The van der Waals surface area contributed by atoms with E-state index >= 15 is 0 Å². The molecule has 3 N–H and O–H groups in total. The van der Waals surface area contributed by atoms with Gasteiger partial charge in [-0.2, -0.15) is 8.42 Å². The van der Waals surface area contributed by atoms with Crippen molar-refractivity contribution in [2.45, 2.75) is 120 Å². The molecule has 3 aliphatic rings. The Hall–Kier alpha value is -3.17. The number of aliphatic hydroxyl groups is 1. The molecule has 4 rings (SSSR count). The summed E-state index contributed by atoms with van der Waals surface area (Å²) >= 11 is 6.80. The molecule has 3 amide bonds. The number of halogens is 1. The highest BCUT2D eigenvalue weighted by Crippen LogP contribution is 2.52. The lowest BCUT2D eigenvalue weighted by atomic mass is 9.77. The zero-order valence-corrected chi connectivity index (χ0v) is 39.9. The number of alkyl carbamates (subject to hydrolysis) is 1. The molecule has 0 aliphatic carbocycles. The summed E-state index contributed by atoms with van der Waals surface area (Å²) < 4.78 is 56.0. The lowest BCUT2D eigenvalue weighted by Gasteiger charge is -2.42. The maximum Gasteiger partial charge on any atom is 0.409 e. The maximum atomic E-state index is 14.3. The molecule has 346 valence electrons. The Morgan fingerprint density at radius 3 is 2.47 bits per heavy atom. The first-order valence-corrected chi connectivity index (χ1v) is 24.8. The normalized spacial score (nSPS) is 29.2. The fourth-order valence-corrected chi connectivity index (χ4v) is 11.4. The van der Waals surface area contributed by atoms with E-state index in [1.54, 1.807) is 45.2 Å². The summed E-state index contributed by atoms with van der Waals surface area (Å²) in [5.74, 6) is -1.83. The zero-order chi connectivity index (χ0) is 46.3. The van der Waals surface area contributed by atoms with Crippen LogP contribution in [0.3, 0.4) is 0 Å². The zero-order valence-electron chi connectivity index (χ0n) is 36.7. The largest absolute Gasteiger partial charge is 0.495 e. The Labute approximate surface area is 377 Å². The first-order valence-electron chi connectivity index (χ1n) is 20.4. The highest BCUT2D eigenvalue weighted by Gasteiger charge is 2.63. The molecule has 0 spiro atoms. The number of rotatable bonds is 16. The molecular weight excluding hydrogens is 886 g/mol. The molecule has 0 radical (unpaired) electrons. The Morgan fingerprint density at radius 1 is 1.16 bits per heavy atom. The third-order valence-electron chi connectivity index (χ3n) is 12.1. The lowest BCUT2D eigenvalue weighted by molar-refractivity contribution is -0.142. The third-order valence-corrected chi connectivity index (χ3v) is 16.1. The molecule has 1 aromatic carbocycles. The highest BCUT2D eigenvalue weighted by molar-refractivity contribution is 8.76. The van der Waals surface area contributed by atoms with E-state index in [0.717, 1.165) is 11.1 Å². The summed E-state index contributed by atoms with van der Waals surface area (Å²) in [5.41, 5.74) is -0.790. The number of carbonyl (C=O) groups is 5. The number of epoxide rings is 1. The minimum absolute atomic E-state index is 0.0223. The smallest absolute Gasteiger partial charge is 0.409 e. The molecule has 0 aromatic heterocycles. The van der Waals surface area contributed by atoms with E-state index in [9.17, 15) is 42.0 Å². The van der Waals surface area contributed by atoms with Crippen LogP contribution in [0.4, 0.5) is 10.5 Å². The summed E-state index contributed by atoms with van der Waals surface area (Å²) in [6.07, 6.45) is 2.06. The quantitative estimate of drug-likeness (QED) is 0.0798. The predicted molar refractivity (Wildman–Crippen MR) is 239 cm³/mol. The van der Waals surface area contributed by atoms with Gasteiger partial charge in [0.1, 0.15) is 28.2 Å². The van der Waals surface area contributed by atoms with Gasteiger partial charge >= 0.3 is 6.09 Å². The van der Waals surface area contributed by atoms with Crippen LogP contribution in [0.15, 0.2) is 35.9 Å². The maximum absolute atomic E-state index is 14.3. The van der Waals surface area contributed by atoms with Gasteiger partial charge in [0.05, 0.1) is 30.5 Å². The lowest BCUT2D eigenvalue weighted by Crippen LogP contribution is -2.63. The first-order chi connectivity index (χ1) is 29.0. The van der Waals surface area contributed by atoms with Crippen molar-refractivity contribution in [3.63, 3.8) is 0 Å². The number of ether oxygens (including phenoxy) is 4.